The topological polar surface area (TPSA) is 66.4 Å². The molecule has 19 heavy (non-hydrogen) atoms. The van der Waals surface area contributed by atoms with Crippen LogP contribution in [0.3, 0.4) is 0 Å². The predicted molar refractivity (Wildman–Crippen MR) is 75.7 cm³/mol. The second kappa shape index (κ2) is 5.84. The van der Waals surface area contributed by atoms with E-state index >= 15 is 0 Å². The van der Waals surface area contributed by atoms with E-state index in [1.807, 2.05) is 13.0 Å². The molecule has 2 atom stereocenters. The zero-order valence-electron chi connectivity index (χ0n) is 10.4. The molecule has 4 nitrogen and oxygen atoms in total. The lowest BCUT2D eigenvalue weighted by atomic mass is 10.2. The standard InChI is InChI=1S/C13H14ClNO3S/c1-2-19-11-4-3-7(14)5-10(11)15-12(16)8-6-9(8)13(17)18/h3-5,8-9H,2,6H2,1H3,(H,15,16)(H,17,18). The fraction of sp³-hybridized carbons (Fsp3) is 0.385. The van der Waals surface area contributed by atoms with Gasteiger partial charge in [0.05, 0.1) is 17.5 Å². The lowest BCUT2D eigenvalue weighted by Gasteiger charge is -2.10. The van der Waals surface area contributed by atoms with Gasteiger partial charge in [-0.1, -0.05) is 18.5 Å². The zero-order valence-corrected chi connectivity index (χ0v) is 11.9. The minimum absolute atomic E-state index is 0.243. The normalized spacial score (nSPS) is 20.9. The van der Waals surface area contributed by atoms with Gasteiger partial charge in [-0.15, -0.1) is 11.8 Å². The number of hydrogen-bond acceptors (Lipinski definition) is 3. The number of amides is 1. The van der Waals surface area contributed by atoms with Gasteiger partial charge < -0.3 is 10.4 Å². The second-order valence-corrected chi connectivity index (χ2v) is 6.09. The lowest BCUT2D eigenvalue weighted by molar-refractivity contribution is -0.139. The van der Waals surface area contributed by atoms with E-state index in [0.29, 0.717) is 17.1 Å². The molecule has 1 aromatic rings. The minimum Gasteiger partial charge on any atom is -0.481 e. The van der Waals surface area contributed by atoms with Crippen LogP contribution in [0.25, 0.3) is 0 Å². The Hall–Kier alpha value is -1.20. The first-order chi connectivity index (χ1) is 9.02. The summed E-state index contributed by atoms with van der Waals surface area (Å²) in [5, 5.41) is 12.1. The third-order valence-electron chi connectivity index (χ3n) is 2.94. The van der Waals surface area contributed by atoms with Crippen LogP contribution in [0.5, 0.6) is 0 Å². The highest BCUT2D eigenvalue weighted by Gasteiger charge is 2.48. The highest BCUT2D eigenvalue weighted by atomic mass is 35.5. The minimum atomic E-state index is -0.908. The summed E-state index contributed by atoms with van der Waals surface area (Å²) in [6.07, 6.45) is 0.415. The Kier molecular flexibility index (Phi) is 4.37. The summed E-state index contributed by atoms with van der Waals surface area (Å²) in [4.78, 5) is 23.6. The summed E-state index contributed by atoms with van der Waals surface area (Å²) in [6.45, 7) is 2.02. The van der Waals surface area contributed by atoms with Crippen LogP contribution in [0.2, 0.25) is 5.02 Å². The van der Waals surface area contributed by atoms with Gasteiger partial charge in [-0.25, -0.2) is 0 Å². The molecule has 1 saturated carbocycles. The summed E-state index contributed by atoms with van der Waals surface area (Å²) < 4.78 is 0. The number of anilines is 1. The van der Waals surface area contributed by atoms with E-state index in [1.165, 1.54) is 0 Å². The zero-order chi connectivity index (χ0) is 14.0. The second-order valence-electron chi connectivity index (χ2n) is 4.35. The molecule has 0 saturated heterocycles. The van der Waals surface area contributed by atoms with Crippen LogP contribution in [0, 0.1) is 11.8 Å². The van der Waals surface area contributed by atoms with Crippen molar-refractivity contribution in [3.8, 4) is 0 Å². The van der Waals surface area contributed by atoms with E-state index in [4.69, 9.17) is 16.7 Å². The van der Waals surface area contributed by atoms with Crippen LogP contribution < -0.4 is 5.32 Å². The van der Waals surface area contributed by atoms with Gasteiger partial charge in [0.25, 0.3) is 0 Å². The highest BCUT2D eigenvalue weighted by Crippen LogP contribution is 2.40. The van der Waals surface area contributed by atoms with Crippen LogP contribution >= 0.6 is 23.4 Å². The van der Waals surface area contributed by atoms with Crippen LogP contribution in [-0.2, 0) is 9.59 Å². The van der Waals surface area contributed by atoms with E-state index in [-0.39, 0.29) is 5.91 Å². The maximum Gasteiger partial charge on any atom is 0.307 e. The molecule has 1 aliphatic carbocycles. The number of aliphatic carboxylic acids is 1. The van der Waals surface area contributed by atoms with Gasteiger partial charge in [0.1, 0.15) is 0 Å². The van der Waals surface area contributed by atoms with Gasteiger partial charge in [0.2, 0.25) is 5.91 Å². The average Bonchev–Trinajstić information content (AvgIpc) is 3.13. The summed E-state index contributed by atoms with van der Waals surface area (Å²) in [5.41, 5.74) is 0.653. The van der Waals surface area contributed by atoms with Crippen molar-refractivity contribution in [3.05, 3.63) is 23.2 Å². The molecule has 0 aromatic heterocycles. The predicted octanol–water partition coefficient (Wildman–Crippen LogP) is 3.11. The van der Waals surface area contributed by atoms with Crippen LogP contribution in [0.1, 0.15) is 13.3 Å². The third kappa shape index (κ3) is 3.42. The molecule has 1 aliphatic rings. The van der Waals surface area contributed by atoms with Gasteiger partial charge in [-0.05, 0) is 30.4 Å². The third-order valence-corrected chi connectivity index (χ3v) is 4.13. The molecular weight excluding hydrogens is 286 g/mol. The largest absolute Gasteiger partial charge is 0.481 e. The van der Waals surface area contributed by atoms with Crippen LogP contribution in [-0.4, -0.2) is 22.7 Å². The van der Waals surface area contributed by atoms with Crippen molar-refractivity contribution in [2.24, 2.45) is 11.8 Å². The molecule has 0 aliphatic heterocycles. The van der Waals surface area contributed by atoms with E-state index in [9.17, 15) is 9.59 Å². The highest BCUT2D eigenvalue weighted by molar-refractivity contribution is 7.99. The molecule has 0 spiro atoms. The number of carboxylic acid groups (broad SMARTS) is 1. The van der Waals surface area contributed by atoms with Crippen molar-refractivity contribution in [1.82, 2.24) is 0 Å². The SMILES string of the molecule is CCSc1ccc(Cl)cc1NC(=O)C1CC1C(=O)O. The molecule has 1 aromatic carbocycles. The number of carbonyl (C=O) groups is 2. The van der Waals surface area contributed by atoms with Crippen molar-refractivity contribution in [1.29, 1.82) is 0 Å². The van der Waals surface area contributed by atoms with Crippen molar-refractivity contribution in [2.75, 3.05) is 11.1 Å². The summed E-state index contributed by atoms with van der Waals surface area (Å²) in [7, 11) is 0. The van der Waals surface area contributed by atoms with Crippen molar-refractivity contribution >= 4 is 40.9 Å². The number of carbonyl (C=O) groups excluding carboxylic acids is 1. The summed E-state index contributed by atoms with van der Waals surface area (Å²) in [5.74, 6) is -1.23. The first kappa shape index (κ1) is 14.2. The Morgan fingerprint density at radius 2 is 2.21 bits per heavy atom. The number of thioether (sulfide) groups is 1. The Morgan fingerprint density at radius 3 is 2.79 bits per heavy atom. The number of halogens is 1. The molecular formula is C13H14ClNO3S. The van der Waals surface area contributed by atoms with Gasteiger partial charge >= 0.3 is 5.97 Å². The fourth-order valence-electron chi connectivity index (χ4n) is 1.86. The van der Waals surface area contributed by atoms with Crippen molar-refractivity contribution < 1.29 is 14.7 Å². The molecule has 2 unspecified atom stereocenters. The number of hydrogen-bond donors (Lipinski definition) is 2. The maximum atomic E-state index is 11.9. The Bertz CT molecular complexity index is 521. The Morgan fingerprint density at radius 1 is 1.47 bits per heavy atom. The first-order valence-electron chi connectivity index (χ1n) is 5.99. The fourth-order valence-corrected chi connectivity index (χ4v) is 2.78. The summed E-state index contributed by atoms with van der Waals surface area (Å²) in [6, 6.07) is 5.32. The number of nitrogens with one attached hydrogen (secondary N) is 1. The molecule has 1 amide bonds. The average molecular weight is 300 g/mol. The molecule has 2 N–H and O–H groups in total. The van der Waals surface area contributed by atoms with E-state index in [1.54, 1.807) is 23.9 Å². The maximum absolute atomic E-state index is 11.9. The van der Waals surface area contributed by atoms with Gasteiger partial charge in [0.15, 0.2) is 0 Å². The first-order valence-corrected chi connectivity index (χ1v) is 7.35. The number of rotatable bonds is 5. The van der Waals surface area contributed by atoms with E-state index < -0.39 is 17.8 Å². The molecule has 0 radical (unpaired) electrons. The number of benzene rings is 1. The smallest absolute Gasteiger partial charge is 0.307 e. The molecule has 0 bridgehead atoms. The Labute approximate surface area is 120 Å². The molecule has 1 fully saturated rings. The van der Waals surface area contributed by atoms with E-state index in [2.05, 4.69) is 5.32 Å². The molecule has 2 rings (SSSR count). The molecule has 6 heteroatoms. The lowest BCUT2D eigenvalue weighted by Crippen LogP contribution is -2.17. The number of carboxylic acids is 1. The van der Waals surface area contributed by atoms with Crippen molar-refractivity contribution in [2.45, 2.75) is 18.2 Å². The van der Waals surface area contributed by atoms with Gasteiger partial charge in [-0.3, -0.25) is 9.59 Å². The molecule has 102 valence electrons. The van der Waals surface area contributed by atoms with Gasteiger partial charge in [-0.2, -0.15) is 0 Å². The van der Waals surface area contributed by atoms with Crippen molar-refractivity contribution in [3.63, 3.8) is 0 Å². The quantitative estimate of drug-likeness (QED) is 0.820. The monoisotopic (exact) mass is 299 g/mol. The molecule has 0 heterocycles. The van der Waals surface area contributed by atoms with Gasteiger partial charge in [0, 0.05) is 9.92 Å². The van der Waals surface area contributed by atoms with Crippen LogP contribution in [0.4, 0.5) is 5.69 Å². The van der Waals surface area contributed by atoms with E-state index in [0.717, 1.165) is 10.6 Å². The summed E-state index contributed by atoms with van der Waals surface area (Å²) >= 11 is 7.52. The Balaban J connectivity index is 2.08. The van der Waals surface area contributed by atoms with Crippen LogP contribution in [0.15, 0.2) is 23.1 Å².